The van der Waals surface area contributed by atoms with Gasteiger partial charge in [0, 0.05) is 22.4 Å². The van der Waals surface area contributed by atoms with Crippen LogP contribution in [0.4, 0.5) is 17.1 Å². The fourth-order valence-corrected chi connectivity index (χ4v) is 11.5. The topological polar surface area (TPSA) is 3.24 Å². The largest absolute Gasteiger partial charge is 0.310 e. The Morgan fingerprint density at radius 1 is 0.391 bits per heavy atom. The van der Waals surface area contributed by atoms with E-state index in [9.17, 15) is 0 Å². The van der Waals surface area contributed by atoms with Gasteiger partial charge in [-0.25, -0.2) is 0 Å². The smallest absolute Gasteiger partial charge is 0.0540 e. The predicted molar refractivity (Wildman–Crippen MR) is 273 cm³/mol. The number of nitrogens with zero attached hydrogens (tertiary/aromatic N) is 1. The SMILES string of the molecule is CC1(C)c2ccccc2-c2ccc(-c3ccc(N(c4cccc(-c5cccc6c5ccc5ccccc56)c4)c4ccccc4-c4cccc5cccc(C6CCCCC6)c45)cc3)cc21. The molecule has 0 atom stereocenters. The van der Waals surface area contributed by atoms with Crippen LogP contribution in [0.1, 0.15) is 68.6 Å². The second-order valence-electron chi connectivity index (χ2n) is 18.7. The lowest BCUT2D eigenvalue weighted by Gasteiger charge is -2.29. The van der Waals surface area contributed by atoms with Crippen LogP contribution < -0.4 is 4.90 Å². The summed E-state index contributed by atoms with van der Waals surface area (Å²) in [6, 6.07) is 77.5. The molecular formula is C63H51N. The van der Waals surface area contributed by atoms with E-state index in [0.717, 1.165) is 11.4 Å². The average Bonchev–Trinajstić information content (AvgIpc) is 3.59. The van der Waals surface area contributed by atoms with Crippen LogP contribution in [0.2, 0.25) is 0 Å². The van der Waals surface area contributed by atoms with Gasteiger partial charge in [0.2, 0.25) is 0 Å². The minimum absolute atomic E-state index is 0.0525. The van der Waals surface area contributed by atoms with Crippen molar-refractivity contribution in [3.63, 3.8) is 0 Å². The summed E-state index contributed by atoms with van der Waals surface area (Å²) in [4.78, 5) is 2.49. The van der Waals surface area contributed by atoms with E-state index in [2.05, 4.69) is 225 Å². The van der Waals surface area contributed by atoms with E-state index in [4.69, 9.17) is 0 Å². The Balaban J connectivity index is 1.02. The molecule has 64 heavy (non-hydrogen) atoms. The monoisotopic (exact) mass is 821 g/mol. The maximum Gasteiger partial charge on any atom is 0.0540 e. The summed E-state index contributed by atoms with van der Waals surface area (Å²) >= 11 is 0. The van der Waals surface area contributed by atoms with Gasteiger partial charge in [0.1, 0.15) is 0 Å². The molecule has 2 aliphatic carbocycles. The molecule has 0 aliphatic heterocycles. The van der Waals surface area contributed by atoms with Gasteiger partial charge in [-0.15, -0.1) is 0 Å². The average molecular weight is 822 g/mol. The summed E-state index contributed by atoms with van der Waals surface area (Å²) in [7, 11) is 0. The van der Waals surface area contributed by atoms with Gasteiger partial charge in [0.05, 0.1) is 5.69 Å². The van der Waals surface area contributed by atoms with Crippen molar-refractivity contribution in [1.29, 1.82) is 0 Å². The zero-order chi connectivity index (χ0) is 42.8. The Hall–Kier alpha value is -7.22. The summed E-state index contributed by atoms with van der Waals surface area (Å²) in [5, 5.41) is 7.81. The molecule has 0 saturated heterocycles. The third-order valence-electron chi connectivity index (χ3n) is 14.7. The van der Waals surface area contributed by atoms with E-state index < -0.39 is 0 Å². The summed E-state index contributed by atoms with van der Waals surface area (Å²) < 4.78 is 0. The Morgan fingerprint density at radius 2 is 1.05 bits per heavy atom. The van der Waals surface area contributed by atoms with Crippen molar-refractivity contribution in [2.24, 2.45) is 0 Å². The fraction of sp³-hybridized carbons (Fsp3) is 0.143. The van der Waals surface area contributed by atoms with E-state index in [1.54, 1.807) is 0 Å². The van der Waals surface area contributed by atoms with Crippen LogP contribution in [0.15, 0.2) is 206 Å². The molecule has 1 fully saturated rings. The zero-order valence-corrected chi connectivity index (χ0v) is 36.7. The van der Waals surface area contributed by atoms with Gasteiger partial charge in [0.25, 0.3) is 0 Å². The van der Waals surface area contributed by atoms with Gasteiger partial charge in [-0.1, -0.05) is 203 Å². The van der Waals surface area contributed by atoms with Gasteiger partial charge in [-0.05, 0) is 143 Å². The second-order valence-corrected chi connectivity index (χ2v) is 18.7. The fourth-order valence-electron chi connectivity index (χ4n) is 11.5. The van der Waals surface area contributed by atoms with Crippen molar-refractivity contribution in [1.82, 2.24) is 0 Å². The highest BCUT2D eigenvalue weighted by Crippen LogP contribution is 2.50. The first-order valence-electron chi connectivity index (χ1n) is 23.3. The van der Waals surface area contributed by atoms with Crippen LogP contribution in [0.25, 0.3) is 76.8 Å². The molecule has 1 saturated carbocycles. The van der Waals surface area contributed by atoms with Crippen LogP contribution >= 0.6 is 0 Å². The van der Waals surface area contributed by atoms with Crippen molar-refractivity contribution >= 4 is 49.4 Å². The molecule has 0 unspecified atom stereocenters. The van der Waals surface area contributed by atoms with Crippen LogP contribution in [0.3, 0.4) is 0 Å². The zero-order valence-electron chi connectivity index (χ0n) is 36.7. The molecule has 0 bridgehead atoms. The quantitative estimate of drug-likeness (QED) is 0.145. The molecule has 10 aromatic rings. The highest BCUT2D eigenvalue weighted by molar-refractivity contribution is 6.12. The van der Waals surface area contributed by atoms with Gasteiger partial charge in [-0.3, -0.25) is 0 Å². The summed E-state index contributed by atoms with van der Waals surface area (Å²) in [5.74, 6) is 0.586. The highest BCUT2D eigenvalue weighted by atomic mass is 15.1. The van der Waals surface area contributed by atoms with E-state index in [0.29, 0.717) is 5.92 Å². The molecule has 0 spiro atoms. The number of hydrogen-bond donors (Lipinski definition) is 0. The molecule has 0 N–H and O–H groups in total. The molecule has 0 aromatic heterocycles. The molecular weight excluding hydrogens is 771 g/mol. The summed E-state index contributed by atoms with van der Waals surface area (Å²) in [6.45, 7) is 4.73. The molecule has 12 rings (SSSR count). The molecule has 1 nitrogen and oxygen atoms in total. The van der Waals surface area contributed by atoms with Crippen molar-refractivity contribution < 1.29 is 0 Å². The van der Waals surface area contributed by atoms with E-state index >= 15 is 0 Å². The minimum atomic E-state index is -0.0525. The molecule has 0 heterocycles. The number of fused-ring (bicyclic) bond motifs is 7. The van der Waals surface area contributed by atoms with Crippen LogP contribution in [-0.2, 0) is 5.41 Å². The molecule has 308 valence electrons. The van der Waals surface area contributed by atoms with Crippen LogP contribution in [-0.4, -0.2) is 0 Å². The molecule has 2 aliphatic rings. The minimum Gasteiger partial charge on any atom is -0.310 e. The van der Waals surface area contributed by atoms with E-state index in [-0.39, 0.29) is 5.41 Å². The Labute approximate surface area is 377 Å². The Kier molecular flexibility index (Phi) is 9.34. The normalized spacial score (nSPS) is 14.5. The number of hydrogen-bond acceptors (Lipinski definition) is 1. The first kappa shape index (κ1) is 38.5. The lowest BCUT2D eigenvalue weighted by molar-refractivity contribution is 0.445. The highest BCUT2D eigenvalue weighted by Gasteiger charge is 2.35. The third kappa shape index (κ3) is 6.36. The number of rotatable bonds is 7. The molecule has 1 heteroatoms. The number of anilines is 3. The van der Waals surface area contributed by atoms with E-state index in [1.165, 1.54) is 131 Å². The maximum atomic E-state index is 2.49. The molecule has 0 amide bonds. The maximum absolute atomic E-state index is 2.49. The number of benzene rings is 10. The standard InChI is InChI=1S/C63H51N/c1-63(2)59-30-10-8-24-55(59)56-39-35-46(41-60(56)63)42-32-36-48(37-33-42)64(49-22-12-21-47(40-49)51-26-15-28-53-50-23-7-6-18-44(50)34-38-54(51)53)61-31-11-9-25-57(61)58-29-14-20-45-19-13-27-52(62(45)58)43-16-4-3-5-17-43/h6-15,18-41,43H,3-5,16-17H2,1-2H3. The lowest BCUT2D eigenvalue weighted by Crippen LogP contribution is -2.14. The van der Waals surface area contributed by atoms with Crippen molar-refractivity contribution in [3.8, 4) is 44.5 Å². The first-order valence-corrected chi connectivity index (χ1v) is 23.3. The first-order chi connectivity index (χ1) is 31.5. The van der Waals surface area contributed by atoms with Crippen molar-refractivity contribution in [3.05, 3.63) is 223 Å². The summed E-state index contributed by atoms with van der Waals surface area (Å²) in [6.07, 6.45) is 6.49. The predicted octanol–water partition coefficient (Wildman–Crippen LogP) is 18.0. The lowest BCUT2D eigenvalue weighted by atomic mass is 9.80. The summed E-state index contributed by atoms with van der Waals surface area (Å²) in [5.41, 5.74) is 17.8. The van der Waals surface area contributed by atoms with Crippen molar-refractivity contribution in [2.75, 3.05) is 4.90 Å². The van der Waals surface area contributed by atoms with Crippen molar-refractivity contribution in [2.45, 2.75) is 57.3 Å². The van der Waals surface area contributed by atoms with E-state index in [1.807, 2.05) is 0 Å². The van der Waals surface area contributed by atoms with Gasteiger partial charge in [-0.2, -0.15) is 0 Å². The van der Waals surface area contributed by atoms with Crippen LogP contribution in [0, 0.1) is 0 Å². The molecule has 10 aromatic carbocycles. The molecule has 0 radical (unpaired) electrons. The van der Waals surface area contributed by atoms with Gasteiger partial charge < -0.3 is 4.90 Å². The van der Waals surface area contributed by atoms with Gasteiger partial charge in [0.15, 0.2) is 0 Å². The Bertz CT molecular complexity index is 3390. The Morgan fingerprint density at radius 3 is 1.92 bits per heavy atom. The van der Waals surface area contributed by atoms with Crippen LogP contribution in [0.5, 0.6) is 0 Å². The number of para-hydroxylation sites is 1. The third-order valence-corrected chi connectivity index (χ3v) is 14.7. The van der Waals surface area contributed by atoms with Gasteiger partial charge >= 0.3 is 0 Å². The second kappa shape index (κ2) is 15.5.